The molecule has 3 aromatic rings. The molecule has 0 saturated heterocycles. The number of carbonyl (C=O) groups is 1. The zero-order valence-corrected chi connectivity index (χ0v) is 15.9. The second-order valence-electron chi connectivity index (χ2n) is 6.96. The number of allylic oxidation sites excluding steroid dienone is 1. The number of phenols is 1. The summed E-state index contributed by atoms with van der Waals surface area (Å²) in [6.07, 6.45) is 1.45. The van der Waals surface area contributed by atoms with Crippen molar-refractivity contribution in [1.82, 2.24) is 14.8 Å². The Morgan fingerprint density at radius 1 is 1.14 bits per heavy atom. The molecule has 2 heterocycles. The van der Waals surface area contributed by atoms with Gasteiger partial charge in [0, 0.05) is 11.4 Å². The Bertz CT molecular complexity index is 1080. The van der Waals surface area contributed by atoms with E-state index >= 15 is 0 Å². The molecule has 0 spiro atoms. The Labute approximate surface area is 162 Å². The molecule has 0 saturated carbocycles. The molecule has 3 N–H and O–H groups in total. The molecule has 0 bridgehead atoms. The number of phenolic OH excluding ortho intramolecular Hbond substituents is 1. The summed E-state index contributed by atoms with van der Waals surface area (Å²) in [7, 11) is 0. The third-order valence-corrected chi connectivity index (χ3v) is 4.88. The fraction of sp³-hybridized carbons (Fsp3) is 0.190. The Morgan fingerprint density at radius 3 is 2.61 bits per heavy atom. The SMILES string of the molecule is CC1=C(C(=O)Nc2ccc(C)cc2C)[C@H](c2ccc(O)cc2)n2ncnc2N1. The number of carbonyl (C=O) groups excluding carboxylic acids is 1. The molecule has 0 radical (unpaired) electrons. The van der Waals surface area contributed by atoms with Gasteiger partial charge in [0.25, 0.3) is 5.91 Å². The van der Waals surface area contributed by atoms with E-state index in [1.807, 2.05) is 39.0 Å². The van der Waals surface area contributed by atoms with E-state index in [1.54, 1.807) is 28.9 Å². The van der Waals surface area contributed by atoms with Crippen molar-refractivity contribution < 1.29 is 9.90 Å². The molecule has 7 heteroatoms. The minimum Gasteiger partial charge on any atom is -0.508 e. The third kappa shape index (κ3) is 3.11. The Kier molecular flexibility index (Phi) is 4.35. The quantitative estimate of drug-likeness (QED) is 0.651. The van der Waals surface area contributed by atoms with E-state index in [1.165, 1.54) is 6.33 Å². The first-order valence-corrected chi connectivity index (χ1v) is 8.99. The summed E-state index contributed by atoms with van der Waals surface area (Å²) in [5, 5.41) is 20.1. The van der Waals surface area contributed by atoms with Crippen LogP contribution in [0.4, 0.5) is 11.6 Å². The first-order chi connectivity index (χ1) is 13.4. The number of benzene rings is 2. The lowest BCUT2D eigenvalue weighted by Crippen LogP contribution is -2.31. The normalized spacial score (nSPS) is 15.8. The molecule has 1 aliphatic rings. The average molecular weight is 375 g/mol. The highest BCUT2D eigenvalue weighted by atomic mass is 16.3. The van der Waals surface area contributed by atoms with E-state index in [-0.39, 0.29) is 11.7 Å². The number of fused-ring (bicyclic) bond motifs is 1. The van der Waals surface area contributed by atoms with Gasteiger partial charge < -0.3 is 15.7 Å². The molecule has 28 heavy (non-hydrogen) atoms. The maximum absolute atomic E-state index is 13.3. The molecule has 1 aliphatic heterocycles. The van der Waals surface area contributed by atoms with E-state index in [4.69, 9.17) is 0 Å². The fourth-order valence-electron chi connectivity index (χ4n) is 3.49. The van der Waals surface area contributed by atoms with E-state index in [9.17, 15) is 9.90 Å². The van der Waals surface area contributed by atoms with Crippen molar-refractivity contribution in [3.63, 3.8) is 0 Å². The zero-order valence-electron chi connectivity index (χ0n) is 15.9. The van der Waals surface area contributed by atoms with Gasteiger partial charge in [0.15, 0.2) is 0 Å². The van der Waals surface area contributed by atoms with Crippen molar-refractivity contribution in [2.24, 2.45) is 0 Å². The number of aromatic hydroxyl groups is 1. The molecule has 1 aromatic heterocycles. The van der Waals surface area contributed by atoms with Crippen LogP contribution in [0.5, 0.6) is 5.75 Å². The molecule has 7 nitrogen and oxygen atoms in total. The first kappa shape index (κ1) is 17.8. The van der Waals surface area contributed by atoms with Gasteiger partial charge >= 0.3 is 0 Å². The molecular formula is C21H21N5O2. The molecule has 4 rings (SSSR count). The number of aryl methyl sites for hydroxylation is 2. The highest BCUT2D eigenvalue weighted by Crippen LogP contribution is 2.35. The number of hydrogen-bond donors (Lipinski definition) is 3. The van der Waals surface area contributed by atoms with Gasteiger partial charge in [-0.2, -0.15) is 10.1 Å². The van der Waals surface area contributed by atoms with Crippen LogP contribution in [0, 0.1) is 13.8 Å². The number of hydrogen-bond acceptors (Lipinski definition) is 5. The number of aromatic nitrogens is 3. The summed E-state index contributed by atoms with van der Waals surface area (Å²) >= 11 is 0. The van der Waals surface area contributed by atoms with Crippen LogP contribution in [0.15, 0.2) is 60.1 Å². The van der Waals surface area contributed by atoms with Gasteiger partial charge in [-0.3, -0.25) is 4.79 Å². The standard InChI is InChI=1S/C21H21N5O2/c1-12-4-9-17(13(2)10-12)25-20(28)18-14(3)24-21-22-11-23-26(21)19(18)15-5-7-16(27)8-6-15/h4-11,19,27H,1-3H3,(H,25,28)(H,22,23,24)/t19-/m0/s1. The lowest BCUT2D eigenvalue weighted by molar-refractivity contribution is -0.113. The van der Waals surface area contributed by atoms with E-state index < -0.39 is 6.04 Å². The number of amides is 1. The van der Waals surface area contributed by atoms with Crippen molar-refractivity contribution in [2.75, 3.05) is 10.6 Å². The van der Waals surface area contributed by atoms with Crippen LogP contribution in [0.3, 0.4) is 0 Å². The number of nitrogens with one attached hydrogen (secondary N) is 2. The summed E-state index contributed by atoms with van der Waals surface area (Å²) < 4.78 is 1.68. The van der Waals surface area contributed by atoms with Gasteiger partial charge in [0.05, 0.1) is 5.57 Å². The topological polar surface area (TPSA) is 92.1 Å². The first-order valence-electron chi connectivity index (χ1n) is 8.99. The fourth-order valence-corrected chi connectivity index (χ4v) is 3.49. The lowest BCUT2D eigenvalue weighted by atomic mass is 9.95. The van der Waals surface area contributed by atoms with Gasteiger partial charge in [-0.25, -0.2) is 4.68 Å². The Hall–Kier alpha value is -3.61. The van der Waals surface area contributed by atoms with E-state index in [2.05, 4.69) is 20.7 Å². The second kappa shape index (κ2) is 6.84. The molecule has 0 unspecified atom stereocenters. The minimum absolute atomic E-state index is 0.165. The Morgan fingerprint density at radius 2 is 1.89 bits per heavy atom. The van der Waals surface area contributed by atoms with Crippen LogP contribution in [0.1, 0.15) is 29.7 Å². The molecule has 2 aromatic carbocycles. The van der Waals surface area contributed by atoms with Crippen molar-refractivity contribution in [3.8, 4) is 5.75 Å². The van der Waals surface area contributed by atoms with E-state index in [0.29, 0.717) is 17.2 Å². The molecule has 142 valence electrons. The minimum atomic E-state index is -0.454. The maximum atomic E-state index is 13.3. The highest BCUT2D eigenvalue weighted by molar-refractivity contribution is 6.06. The maximum Gasteiger partial charge on any atom is 0.255 e. The van der Waals surface area contributed by atoms with Gasteiger partial charge in [-0.15, -0.1) is 0 Å². The van der Waals surface area contributed by atoms with Crippen LogP contribution >= 0.6 is 0 Å². The van der Waals surface area contributed by atoms with Crippen LogP contribution in [0.25, 0.3) is 0 Å². The Balaban J connectivity index is 1.76. The zero-order chi connectivity index (χ0) is 19.8. The average Bonchev–Trinajstić information content (AvgIpc) is 3.11. The number of anilines is 2. The van der Waals surface area contributed by atoms with E-state index in [0.717, 1.165) is 22.4 Å². The third-order valence-electron chi connectivity index (χ3n) is 4.88. The van der Waals surface area contributed by atoms with Crippen LogP contribution < -0.4 is 10.6 Å². The molecule has 0 fully saturated rings. The van der Waals surface area contributed by atoms with Gasteiger partial charge in [-0.05, 0) is 50.1 Å². The monoisotopic (exact) mass is 375 g/mol. The number of rotatable bonds is 3. The highest BCUT2D eigenvalue weighted by Gasteiger charge is 2.33. The van der Waals surface area contributed by atoms with Crippen molar-refractivity contribution in [1.29, 1.82) is 0 Å². The summed E-state index contributed by atoms with van der Waals surface area (Å²) in [5.41, 5.74) is 4.99. The number of nitrogens with zero attached hydrogens (tertiary/aromatic N) is 3. The lowest BCUT2D eigenvalue weighted by Gasteiger charge is -2.29. The molecule has 1 amide bonds. The predicted octanol–water partition coefficient (Wildman–Crippen LogP) is 3.53. The summed E-state index contributed by atoms with van der Waals surface area (Å²) in [4.78, 5) is 17.5. The summed E-state index contributed by atoms with van der Waals surface area (Å²) in [6.45, 7) is 5.84. The smallest absolute Gasteiger partial charge is 0.255 e. The summed E-state index contributed by atoms with van der Waals surface area (Å²) in [5.74, 6) is 0.522. The van der Waals surface area contributed by atoms with Gasteiger partial charge in [-0.1, -0.05) is 29.8 Å². The van der Waals surface area contributed by atoms with Crippen molar-refractivity contribution in [2.45, 2.75) is 26.8 Å². The van der Waals surface area contributed by atoms with Gasteiger partial charge in [0.2, 0.25) is 5.95 Å². The molecule has 0 aliphatic carbocycles. The molecular weight excluding hydrogens is 354 g/mol. The van der Waals surface area contributed by atoms with Gasteiger partial charge in [0.1, 0.15) is 18.1 Å². The second-order valence-corrected chi connectivity index (χ2v) is 6.96. The van der Waals surface area contributed by atoms with Crippen LogP contribution in [-0.2, 0) is 4.79 Å². The van der Waals surface area contributed by atoms with Crippen molar-refractivity contribution >= 4 is 17.5 Å². The predicted molar refractivity (Wildman–Crippen MR) is 107 cm³/mol. The molecule has 1 atom stereocenters. The van der Waals surface area contributed by atoms with Crippen LogP contribution in [-0.4, -0.2) is 25.8 Å². The van der Waals surface area contributed by atoms with Crippen molar-refractivity contribution in [3.05, 3.63) is 76.8 Å². The largest absolute Gasteiger partial charge is 0.508 e. The van der Waals surface area contributed by atoms with Crippen LogP contribution in [0.2, 0.25) is 0 Å². The summed E-state index contributed by atoms with van der Waals surface area (Å²) in [6, 6.07) is 12.2.